The lowest BCUT2D eigenvalue weighted by Gasteiger charge is -2.32. The van der Waals surface area contributed by atoms with E-state index in [1.54, 1.807) is 24.3 Å². The van der Waals surface area contributed by atoms with Crippen molar-refractivity contribution in [1.29, 1.82) is 0 Å². The molecule has 0 radical (unpaired) electrons. The van der Waals surface area contributed by atoms with Crippen LogP contribution in [-0.2, 0) is 41.1 Å². The fourth-order valence-corrected chi connectivity index (χ4v) is 6.65. The van der Waals surface area contributed by atoms with Crippen LogP contribution in [0.5, 0.6) is 5.75 Å². The normalized spacial score (nSPS) is 12.5. The average Bonchev–Trinajstić information content (AvgIpc) is 3.65. The van der Waals surface area contributed by atoms with Gasteiger partial charge in [0.25, 0.3) is 5.91 Å². The van der Waals surface area contributed by atoms with Gasteiger partial charge in [-0.1, -0.05) is 67.6 Å². The Morgan fingerprint density at radius 3 is 2.20 bits per heavy atom. The SMILES string of the molecule is CCOc1cc(-c2ccc(C(=O)NCNC(=O)[C@H](CCc3ccccc3)[C@@H](CC)N(C=O)OCc3ccccc3)o2)cc(P(=O)(OC)OC)c1. The van der Waals surface area contributed by atoms with Gasteiger partial charge in [-0.05, 0) is 67.6 Å². The third-order valence-corrected chi connectivity index (χ3v) is 9.94. The Labute approximate surface area is 292 Å². The first kappa shape index (κ1) is 38.1. The van der Waals surface area contributed by atoms with Crippen LogP contribution in [0.2, 0.25) is 0 Å². The number of nitrogens with one attached hydrogen (secondary N) is 2. The Hall–Kier alpha value is -4.74. The number of carbonyl (C=O) groups is 3. The van der Waals surface area contributed by atoms with Crippen molar-refractivity contribution in [2.75, 3.05) is 27.5 Å². The highest BCUT2D eigenvalue weighted by molar-refractivity contribution is 7.62. The molecule has 0 aliphatic carbocycles. The highest BCUT2D eigenvalue weighted by Gasteiger charge is 2.32. The summed E-state index contributed by atoms with van der Waals surface area (Å²) >= 11 is 0. The van der Waals surface area contributed by atoms with Gasteiger partial charge in [0, 0.05) is 19.8 Å². The predicted octanol–water partition coefficient (Wildman–Crippen LogP) is 5.88. The first-order valence-corrected chi connectivity index (χ1v) is 17.9. The van der Waals surface area contributed by atoms with Crippen molar-refractivity contribution in [3.8, 4) is 17.1 Å². The van der Waals surface area contributed by atoms with E-state index < -0.39 is 25.5 Å². The zero-order valence-corrected chi connectivity index (χ0v) is 29.6. The molecule has 2 atom stereocenters. The van der Waals surface area contributed by atoms with Crippen molar-refractivity contribution >= 4 is 31.1 Å². The van der Waals surface area contributed by atoms with E-state index in [1.165, 1.54) is 25.3 Å². The number of nitrogens with zero attached hydrogens (tertiary/aromatic N) is 1. The minimum absolute atomic E-state index is 0.00668. The molecule has 3 amide bonds. The van der Waals surface area contributed by atoms with E-state index in [4.69, 9.17) is 23.0 Å². The Morgan fingerprint density at radius 2 is 1.58 bits per heavy atom. The Bertz CT molecular complexity index is 1720. The third kappa shape index (κ3) is 10.1. The maximum Gasteiger partial charge on any atom is 0.360 e. The van der Waals surface area contributed by atoms with Crippen LogP contribution in [0.3, 0.4) is 0 Å². The van der Waals surface area contributed by atoms with Gasteiger partial charge in [0.05, 0.1) is 30.5 Å². The molecule has 4 rings (SSSR count). The van der Waals surface area contributed by atoms with Crippen LogP contribution in [-0.4, -0.2) is 56.8 Å². The summed E-state index contributed by atoms with van der Waals surface area (Å²) in [4.78, 5) is 44.8. The standard InChI is InChI=1S/C37H44N3O9P/c1-5-33(40(26-41)48-24-28-15-11-8-12-16-28)32(18-17-27-13-9-7-10-14-27)36(42)38-25-39-37(43)35-20-19-34(49-35)29-21-30(47-6-2)23-31(22-29)50(44,45-3)46-4/h7-16,19-23,26,32-33H,5-6,17-18,24-25H2,1-4H3,(H,38,42)(H,39,43)/t32-,33-/m1/s1. The molecule has 3 aromatic carbocycles. The van der Waals surface area contributed by atoms with Gasteiger partial charge in [0.1, 0.15) is 18.1 Å². The topological polar surface area (TPSA) is 146 Å². The van der Waals surface area contributed by atoms with E-state index in [9.17, 15) is 18.9 Å². The minimum Gasteiger partial charge on any atom is -0.494 e. The van der Waals surface area contributed by atoms with Crippen LogP contribution in [0.1, 0.15) is 48.4 Å². The number of benzene rings is 3. The van der Waals surface area contributed by atoms with Crippen molar-refractivity contribution in [2.45, 2.75) is 45.8 Å². The number of carbonyl (C=O) groups excluding carboxylic acids is 3. The summed E-state index contributed by atoms with van der Waals surface area (Å²) in [5, 5.41) is 6.95. The summed E-state index contributed by atoms with van der Waals surface area (Å²) in [5.74, 6) is -0.819. The van der Waals surface area contributed by atoms with Crippen LogP contribution in [0.15, 0.2) is 95.4 Å². The summed E-state index contributed by atoms with van der Waals surface area (Å²) in [5.41, 5.74) is 2.43. The number of hydrogen-bond acceptors (Lipinski definition) is 9. The van der Waals surface area contributed by atoms with Crippen molar-refractivity contribution in [3.05, 3.63) is 108 Å². The third-order valence-electron chi connectivity index (χ3n) is 8.09. The molecule has 0 saturated carbocycles. The summed E-state index contributed by atoms with van der Waals surface area (Å²) in [6.07, 6.45) is 2.09. The minimum atomic E-state index is -3.61. The van der Waals surface area contributed by atoms with E-state index in [0.29, 0.717) is 49.4 Å². The van der Waals surface area contributed by atoms with E-state index in [1.807, 2.05) is 74.5 Å². The van der Waals surface area contributed by atoms with Gasteiger partial charge >= 0.3 is 7.60 Å². The van der Waals surface area contributed by atoms with Gasteiger partial charge in [-0.15, -0.1) is 0 Å². The van der Waals surface area contributed by atoms with Crippen molar-refractivity contribution < 1.29 is 42.0 Å². The lowest BCUT2D eigenvalue weighted by atomic mass is 9.90. The van der Waals surface area contributed by atoms with Crippen molar-refractivity contribution in [3.63, 3.8) is 0 Å². The van der Waals surface area contributed by atoms with E-state index in [-0.39, 0.29) is 30.2 Å². The molecule has 0 aliphatic rings. The number of amides is 3. The lowest BCUT2D eigenvalue weighted by Crippen LogP contribution is -2.48. The highest BCUT2D eigenvalue weighted by atomic mass is 31.2. The molecule has 0 fully saturated rings. The van der Waals surface area contributed by atoms with Crippen LogP contribution in [0.4, 0.5) is 0 Å². The highest BCUT2D eigenvalue weighted by Crippen LogP contribution is 2.46. The second-order valence-electron chi connectivity index (χ2n) is 11.2. The van der Waals surface area contributed by atoms with Gasteiger partial charge in [-0.25, -0.2) is 5.06 Å². The number of hydroxylamine groups is 2. The molecule has 0 spiro atoms. The van der Waals surface area contributed by atoms with Crippen LogP contribution >= 0.6 is 7.60 Å². The lowest BCUT2D eigenvalue weighted by molar-refractivity contribution is -0.200. The first-order valence-electron chi connectivity index (χ1n) is 16.4. The monoisotopic (exact) mass is 705 g/mol. The number of furan rings is 1. The van der Waals surface area contributed by atoms with Gasteiger partial charge in [-0.2, -0.15) is 0 Å². The summed E-state index contributed by atoms with van der Waals surface area (Å²) < 4.78 is 34.9. The molecule has 50 heavy (non-hydrogen) atoms. The Morgan fingerprint density at radius 1 is 0.900 bits per heavy atom. The second kappa shape index (κ2) is 18.9. The summed E-state index contributed by atoms with van der Waals surface area (Å²) in [7, 11) is -1.03. The van der Waals surface area contributed by atoms with Gasteiger partial charge in [-0.3, -0.25) is 23.8 Å². The molecular weight excluding hydrogens is 661 g/mol. The second-order valence-corrected chi connectivity index (χ2v) is 13.5. The molecule has 4 aromatic rings. The quantitative estimate of drug-likeness (QED) is 0.0499. The fourth-order valence-electron chi connectivity index (χ4n) is 5.50. The first-order chi connectivity index (χ1) is 24.2. The summed E-state index contributed by atoms with van der Waals surface area (Å²) in [6.45, 7) is 4.05. The van der Waals surface area contributed by atoms with Gasteiger partial charge < -0.3 is 28.8 Å². The number of hydrogen-bond donors (Lipinski definition) is 2. The fraction of sp³-hybridized carbons (Fsp3) is 0.324. The number of rotatable bonds is 20. The molecule has 12 nitrogen and oxygen atoms in total. The number of ether oxygens (including phenoxy) is 1. The molecule has 1 aromatic heterocycles. The molecular formula is C37H44N3O9P. The Balaban J connectivity index is 1.45. The molecule has 0 bridgehead atoms. The summed E-state index contributed by atoms with van der Waals surface area (Å²) in [6, 6.07) is 26.6. The molecule has 0 saturated heterocycles. The van der Waals surface area contributed by atoms with Crippen molar-refractivity contribution in [2.24, 2.45) is 5.92 Å². The van der Waals surface area contributed by atoms with E-state index in [2.05, 4.69) is 10.6 Å². The zero-order valence-electron chi connectivity index (χ0n) is 28.7. The maximum atomic E-state index is 13.7. The molecule has 0 unspecified atom stereocenters. The smallest absolute Gasteiger partial charge is 0.360 e. The largest absolute Gasteiger partial charge is 0.494 e. The van der Waals surface area contributed by atoms with Gasteiger partial charge in [0.2, 0.25) is 12.3 Å². The Kier molecular flexibility index (Phi) is 14.4. The maximum absolute atomic E-state index is 13.7. The predicted molar refractivity (Wildman–Crippen MR) is 189 cm³/mol. The number of aryl methyl sites for hydroxylation is 1. The van der Waals surface area contributed by atoms with E-state index >= 15 is 0 Å². The van der Waals surface area contributed by atoms with Crippen LogP contribution in [0, 0.1) is 5.92 Å². The molecule has 2 N–H and O–H groups in total. The van der Waals surface area contributed by atoms with E-state index in [0.717, 1.165) is 11.1 Å². The average molecular weight is 706 g/mol. The molecule has 13 heteroatoms. The van der Waals surface area contributed by atoms with Gasteiger partial charge in [0.15, 0.2) is 5.76 Å². The zero-order chi connectivity index (χ0) is 35.9. The molecule has 1 heterocycles. The van der Waals surface area contributed by atoms with Crippen LogP contribution in [0.25, 0.3) is 11.3 Å². The van der Waals surface area contributed by atoms with Crippen LogP contribution < -0.4 is 20.7 Å². The molecule has 0 aliphatic heterocycles. The van der Waals surface area contributed by atoms with Crippen molar-refractivity contribution in [1.82, 2.24) is 15.7 Å². The molecule has 266 valence electrons.